The number of amides is 1. The van der Waals surface area contributed by atoms with Crippen LogP contribution in [0.5, 0.6) is 0 Å². The monoisotopic (exact) mass is 592 g/mol. The number of nitrogens with zero attached hydrogens (tertiary/aromatic N) is 4. The molecule has 5 rings (SSSR count). The highest BCUT2D eigenvalue weighted by atomic mass is 127. The van der Waals surface area contributed by atoms with Crippen LogP contribution in [0, 0.1) is 9.49 Å². The number of rotatable bonds is 4. The van der Waals surface area contributed by atoms with Gasteiger partial charge in [-0.1, -0.05) is 6.92 Å². The van der Waals surface area contributed by atoms with Crippen molar-refractivity contribution < 1.29 is 13.2 Å². The number of benzene rings is 1. The van der Waals surface area contributed by atoms with Crippen molar-refractivity contribution in [2.24, 2.45) is 5.92 Å². The lowest BCUT2D eigenvalue weighted by Crippen LogP contribution is -2.38. The summed E-state index contributed by atoms with van der Waals surface area (Å²) in [6.07, 6.45) is 7.17. The van der Waals surface area contributed by atoms with Crippen molar-refractivity contribution in [3.63, 3.8) is 0 Å². The first kappa shape index (κ1) is 23.7. The van der Waals surface area contributed by atoms with Gasteiger partial charge in [0.2, 0.25) is 10.0 Å². The third-order valence-corrected chi connectivity index (χ3v) is 9.86. The van der Waals surface area contributed by atoms with E-state index in [4.69, 9.17) is 0 Å². The van der Waals surface area contributed by atoms with Crippen molar-refractivity contribution in [2.75, 3.05) is 26.2 Å². The van der Waals surface area contributed by atoms with Gasteiger partial charge in [-0.05, 0) is 102 Å². The van der Waals surface area contributed by atoms with Gasteiger partial charge >= 0.3 is 0 Å². The fourth-order valence-corrected chi connectivity index (χ4v) is 6.81. The molecule has 0 radical (unpaired) electrons. The van der Waals surface area contributed by atoms with E-state index in [1.54, 1.807) is 27.2 Å². The standard InChI is InChI=1S/C25H29IN4O3S/c1-18-6-11-28(12-7-18)25(31)23-17-27-30-15-10-20(16-24(23)30)19-8-13-29(14-9-19)34(32,33)22-4-2-21(26)3-5-22/h2-5,10,15-19H,6-9,11-14H2,1H3. The lowest BCUT2D eigenvalue weighted by atomic mass is 9.90. The van der Waals surface area contributed by atoms with Gasteiger partial charge in [-0.25, -0.2) is 12.9 Å². The number of pyridine rings is 1. The Morgan fingerprint density at radius 1 is 1.00 bits per heavy atom. The van der Waals surface area contributed by atoms with Gasteiger partial charge in [0, 0.05) is 35.9 Å². The fraction of sp³-hybridized carbons (Fsp3) is 0.440. The highest BCUT2D eigenvalue weighted by molar-refractivity contribution is 14.1. The highest BCUT2D eigenvalue weighted by Crippen LogP contribution is 2.32. The summed E-state index contributed by atoms with van der Waals surface area (Å²) in [6, 6.07) is 11.1. The summed E-state index contributed by atoms with van der Waals surface area (Å²) in [5.74, 6) is 0.972. The van der Waals surface area contributed by atoms with E-state index in [9.17, 15) is 13.2 Å². The van der Waals surface area contributed by atoms with Crippen LogP contribution >= 0.6 is 22.6 Å². The summed E-state index contributed by atoms with van der Waals surface area (Å²) >= 11 is 2.17. The van der Waals surface area contributed by atoms with E-state index >= 15 is 0 Å². The normalized spacial score (nSPS) is 19.1. The molecule has 0 saturated carbocycles. The van der Waals surface area contributed by atoms with Crippen molar-refractivity contribution in [1.29, 1.82) is 0 Å². The average molecular weight is 593 g/mol. The second kappa shape index (κ2) is 9.58. The third kappa shape index (κ3) is 4.61. The molecule has 7 nitrogen and oxygen atoms in total. The summed E-state index contributed by atoms with van der Waals surface area (Å²) in [6.45, 7) is 4.80. The zero-order chi connectivity index (χ0) is 23.9. The summed E-state index contributed by atoms with van der Waals surface area (Å²) in [7, 11) is -3.48. The molecule has 180 valence electrons. The van der Waals surface area contributed by atoms with Crippen molar-refractivity contribution >= 4 is 44.0 Å². The molecule has 9 heteroatoms. The topological polar surface area (TPSA) is 75.0 Å². The van der Waals surface area contributed by atoms with Crippen molar-refractivity contribution in [3.05, 3.63) is 63.5 Å². The molecule has 2 aliphatic heterocycles. The number of fused-ring (bicyclic) bond motifs is 1. The summed E-state index contributed by atoms with van der Waals surface area (Å²) in [5, 5.41) is 4.40. The summed E-state index contributed by atoms with van der Waals surface area (Å²) in [5.41, 5.74) is 2.62. The van der Waals surface area contributed by atoms with Crippen molar-refractivity contribution in [2.45, 2.75) is 43.4 Å². The molecule has 3 aromatic rings. The lowest BCUT2D eigenvalue weighted by Gasteiger charge is -2.31. The number of hydrogen-bond donors (Lipinski definition) is 0. The Morgan fingerprint density at radius 2 is 1.68 bits per heavy atom. The van der Waals surface area contributed by atoms with Gasteiger partial charge in [-0.3, -0.25) is 4.79 Å². The minimum atomic E-state index is -3.48. The number of likely N-dealkylation sites (tertiary alicyclic amines) is 1. The van der Waals surface area contributed by atoms with Crippen LogP contribution in [0.25, 0.3) is 5.52 Å². The quantitative estimate of drug-likeness (QED) is 0.422. The number of piperidine rings is 2. The molecule has 0 spiro atoms. The van der Waals surface area contributed by atoms with Crippen LogP contribution in [-0.2, 0) is 10.0 Å². The van der Waals surface area contributed by atoms with Gasteiger partial charge in [-0.2, -0.15) is 9.40 Å². The smallest absolute Gasteiger partial charge is 0.257 e. The van der Waals surface area contributed by atoms with E-state index < -0.39 is 10.0 Å². The number of aromatic nitrogens is 2. The maximum Gasteiger partial charge on any atom is 0.257 e. The number of carbonyl (C=O) groups excluding carboxylic acids is 1. The van der Waals surface area contributed by atoms with E-state index in [1.807, 2.05) is 29.3 Å². The number of halogens is 1. The fourth-order valence-electron chi connectivity index (χ4n) is 4.98. The zero-order valence-electron chi connectivity index (χ0n) is 19.2. The van der Waals surface area contributed by atoms with Gasteiger partial charge in [0.15, 0.2) is 0 Å². The molecule has 1 aromatic carbocycles. The largest absolute Gasteiger partial charge is 0.339 e. The first-order valence-electron chi connectivity index (χ1n) is 11.9. The summed E-state index contributed by atoms with van der Waals surface area (Å²) in [4.78, 5) is 15.5. The second-order valence-corrected chi connectivity index (χ2v) is 12.6. The first-order valence-corrected chi connectivity index (χ1v) is 14.4. The molecule has 34 heavy (non-hydrogen) atoms. The lowest BCUT2D eigenvalue weighted by molar-refractivity contribution is 0.0699. The molecular weight excluding hydrogens is 563 g/mol. The molecule has 1 amide bonds. The predicted octanol–water partition coefficient (Wildman–Crippen LogP) is 4.38. The minimum Gasteiger partial charge on any atom is -0.339 e. The molecule has 2 fully saturated rings. The molecule has 0 atom stereocenters. The molecule has 2 aliphatic rings. The van der Waals surface area contributed by atoms with Crippen LogP contribution < -0.4 is 0 Å². The first-order chi connectivity index (χ1) is 16.3. The van der Waals surface area contributed by atoms with E-state index in [1.165, 1.54) is 0 Å². The van der Waals surface area contributed by atoms with Gasteiger partial charge in [0.1, 0.15) is 0 Å². The number of hydrogen-bond acceptors (Lipinski definition) is 4. The molecule has 2 saturated heterocycles. The third-order valence-electron chi connectivity index (χ3n) is 7.22. The van der Waals surface area contributed by atoms with E-state index in [0.29, 0.717) is 29.5 Å². The molecule has 0 aliphatic carbocycles. The Balaban J connectivity index is 1.31. The molecule has 2 aromatic heterocycles. The maximum absolute atomic E-state index is 13.2. The Labute approximate surface area is 214 Å². The van der Waals surface area contributed by atoms with Crippen LogP contribution in [0.2, 0.25) is 0 Å². The van der Waals surface area contributed by atoms with Crippen LogP contribution in [0.1, 0.15) is 54.4 Å². The zero-order valence-corrected chi connectivity index (χ0v) is 22.2. The SMILES string of the molecule is CC1CCN(C(=O)c2cnn3ccc(C4CCN(S(=O)(=O)c5ccc(I)cc5)CC4)cc23)CC1. The molecule has 0 N–H and O–H groups in total. The van der Waals surface area contributed by atoms with E-state index in [2.05, 4.69) is 40.7 Å². The predicted molar refractivity (Wildman–Crippen MR) is 139 cm³/mol. The van der Waals surface area contributed by atoms with Gasteiger partial charge in [-0.15, -0.1) is 0 Å². The Morgan fingerprint density at radius 3 is 2.35 bits per heavy atom. The molecule has 0 bridgehead atoms. The highest BCUT2D eigenvalue weighted by Gasteiger charge is 2.30. The second-order valence-electron chi connectivity index (χ2n) is 9.46. The molecular formula is C25H29IN4O3S. The van der Waals surface area contributed by atoms with E-state index in [-0.39, 0.29) is 11.8 Å². The minimum absolute atomic E-state index is 0.0532. The van der Waals surface area contributed by atoms with Gasteiger partial charge in [0.05, 0.1) is 22.2 Å². The molecule has 4 heterocycles. The Hall–Kier alpha value is -1.98. The van der Waals surface area contributed by atoms with Crippen LogP contribution in [0.4, 0.5) is 0 Å². The van der Waals surface area contributed by atoms with Gasteiger partial charge in [0.25, 0.3) is 5.91 Å². The van der Waals surface area contributed by atoms with Crippen LogP contribution in [-0.4, -0.2) is 59.3 Å². The van der Waals surface area contributed by atoms with Crippen molar-refractivity contribution in [3.8, 4) is 0 Å². The van der Waals surface area contributed by atoms with Crippen molar-refractivity contribution in [1.82, 2.24) is 18.8 Å². The number of carbonyl (C=O) groups is 1. The van der Waals surface area contributed by atoms with Crippen LogP contribution in [0.3, 0.4) is 0 Å². The summed E-state index contributed by atoms with van der Waals surface area (Å²) < 4.78 is 30.5. The van der Waals surface area contributed by atoms with Gasteiger partial charge < -0.3 is 4.90 Å². The molecule has 0 unspecified atom stereocenters. The Bertz CT molecular complexity index is 1290. The van der Waals surface area contributed by atoms with Crippen LogP contribution in [0.15, 0.2) is 53.7 Å². The average Bonchev–Trinajstić information content (AvgIpc) is 3.28. The van der Waals surface area contributed by atoms with E-state index in [0.717, 1.165) is 53.4 Å². The Kier molecular flexibility index (Phi) is 6.69. The maximum atomic E-state index is 13.2. The number of sulfonamides is 1.